The molecule has 0 bridgehead atoms. The van der Waals surface area contributed by atoms with E-state index < -0.39 is 0 Å². The first-order chi connectivity index (χ1) is 8.83. The molecular formula is C17H18Cl2NZr. The number of hydrogen-bond donors (Lipinski definition) is 0. The summed E-state index contributed by atoms with van der Waals surface area (Å²) in [5, 5.41) is 5.41. The van der Waals surface area contributed by atoms with Crippen molar-refractivity contribution in [1.82, 2.24) is 0 Å². The van der Waals surface area contributed by atoms with Crippen LogP contribution in [0.4, 0.5) is 5.69 Å². The van der Waals surface area contributed by atoms with E-state index in [0.717, 1.165) is 13.1 Å². The summed E-state index contributed by atoms with van der Waals surface area (Å²) in [6, 6.07) is 17.7. The molecule has 0 heterocycles. The largest absolute Gasteiger partial charge is 3.00 e. The third-order valence-electron chi connectivity index (χ3n) is 3.73. The van der Waals surface area contributed by atoms with Crippen LogP contribution in [0.15, 0.2) is 48.5 Å². The zero-order chi connectivity index (χ0) is 12.5. The standard InChI is InChI=1S/C17H18N.2ClH.Zr/c1-3-18(4-2)15-9-10-17-14(12-15)11-13-7-5-6-8-16(13)17;;;/h5-12H,3-4H2,1-2H3;2*1H;/q-1;;;+3/p-2. The summed E-state index contributed by atoms with van der Waals surface area (Å²) in [4.78, 5) is 2.39. The van der Waals surface area contributed by atoms with Crippen LogP contribution in [0.2, 0.25) is 0 Å². The summed E-state index contributed by atoms with van der Waals surface area (Å²) in [6.07, 6.45) is 0. The van der Waals surface area contributed by atoms with Crippen molar-refractivity contribution >= 4 is 27.2 Å². The minimum atomic E-state index is 0. The van der Waals surface area contributed by atoms with E-state index in [4.69, 9.17) is 0 Å². The molecule has 0 saturated carbocycles. The number of benzene rings is 2. The molecule has 0 saturated heterocycles. The second-order valence-electron chi connectivity index (χ2n) is 4.68. The van der Waals surface area contributed by atoms with E-state index in [1.165, 1.54) is 27.2 Å². The fourth-order valence-electron chi connectivity index (χ4n) is 2.74. The molecule has 3 rings (SSSR count). The quantitative estimate of drug-likeness (QED) is 0.489. The van der Waals surface area contributed by atoms with Crippen LogP contribution in [0.25, 0.3) is 21.5 Å². The third kappa shape index (κ3) is 3.86. The monoisotopic (exact) mass is 396 g/mol. The van der Waals surface area contributed by atoms with Crippen LogP contribution in [0.3, 0.4) is 0 Å². The molecule has 0 unspecified atom stereocenters. The van der Waals surface area contributed by atoms with Crippen molar-refractivity contribution in [2.24, 2.45) is 0 Å². The molecule has 0 aliphatic rings. The maximum absolute atomic E-state index is 2.39. The number of rotatable bonds is 3. The fourth-order valence-corrected chi connectivity index (χ4v) is 2.74. The van der Waals surface area contributed by atoms with Gasteiger partial charge >= 0.3 is 26.2 Å². The molecule has 3 aromatic rings. The number of anilines is 1. The SMILES string of the molecule is CCN(CC)c1ccc2c(c1)[cH-]c1ccccc12.[Cl-].[Cl-].[Zr+3]. The second-order valence-corrected chi connectivity index (χ2v) is 4.68. The zero-order valence-electron chi connectivity index (χ0n) is 12.2. The van der Waals surface area contributed by atoms with E-state index in [2.05, 4.69) is 67.3 Å². The topological polar surface area (TPSA) is 3.24 Å². The van der Waals surface area contributed by atoms with Gasteiger partial charge in [-0.05, 0) is 13.8 Å². The van der Waals surface area contributed by atoms with Crippen LogP contribution in [-0.2, 0) is 26.2 Å². The normalized spacial score (nSPS) is 9.62. The molecule has 0 atom stereocenters. The van der Waals surface area contributed by atoms with Crippen LogP contribution in [0, 0.1) is 0 Å². The first-order valence-electron chi connectivity index (χ1n) is 6.66. The Balaban J connectivity index is 0.00000133. The molecule has 1 nitrogen and oxygen atoms in total. The van der Waals surface area contributed by atoms with Crippen molar-refractivity contribution in [2.45, 2.75) is 13.8 Å². The number of fused-ring (bicyclic) bond motifs is 3. The van der Waals surface area contributed by atoms with E-state index >= 15 is 0 Å². The average Bonchev–Trinajstić information content (AvgIpc) is 2.78. The predicted octanol–water partition coefficient (Wildman–Crippen LogP) is -1.44. The van der Waals surface area contributed by atoms with Gasteiger partial charge in [0.1, 0.15) is 0 Å². The summed E-state index contributed by atoms with van der Waals surface area (Å²) < 4.78 is 0. The van der Waals surface area contributed by atoms with Gasteiger partial charge in [-0.1, -0.05) is 36.4 Å². The molecule has 1 radical (unpaired) electrons. The maximum Gasteiger partial charge on any atom is 3.00 e. The van der Waals surface area contributed by atoms with Crippen molar-refractivity contribution in [3.63, 3.8) is 0 Å². The number of hydrogen-bond acceptors (Lipinski definition) is 1. The van der Waals surface area contributed by atoms with E-state index in [1.54, 1.807) is 0 Å². The fraction of sp³-hybridized carbons (Fsp3) is 0.235. The van der Waals surface area contributed by atoms with Gasteiger partial charge in [0.05, 0.1) is 0 Å². The Labute approximate surface area is 158 Å². The first-order valence-corrected chi connectivity index (χ1v) is 6.66. The maximum atomic E-state index is 2.39. The second kappa shape index (κ2) is 8.88. The van der Waals surface area contributed by atoms with Gasteiger partial charge in [-0.25, -0.2) is 0 Å². The van der Waals surface area contributed by atoms with E-state index in [0.29, 0.717) is 0 Å². The molecule has 109 valence electrons. The van der Waals surface area contributed by atoms with Gasteiger partial charge in [0, 0.05) is 18.8 Å². The van der Waals surface area contributed by atoms with Crippen LogP contribution in [0.1, 0.15) is 13.8 Å². The zero-order valence-corrected chi connectivity index (χ0v) is 16.2. The van der Waals surface area contributed by atoms with Gasteiger partial charge in [0.2, 0.25) is 0 Å². The minimum Gasteiger partial charge on any atom is -1.00 e. The third-order valence-corrected chi connectivity index (χ3v) is 3.73. The van der Waals surface area contributed by atoms with Crippen molar-refractivity contribution in [3.8, 4) is 0 Å². The van der Waals surface area contributed by atoms with Crippen LogP contribution in [-0.4, -0.2) is 13.1 Å². The Bertz CT molecular complexity index is 689. The van der Waals surface area contributed by atoms with Gasteiger partial charge in [-0.3, -0.25) is 0 Å². The van der Waals surface area contributed by atoms with Crippen molar-refractivity contribution in [2.75, 3.05) is 18.0 Å². The molecule has 0 N–H and O–H groups in total. The summed E-state index contributed by atoms with van der Waals surface area (Å²) in [6.45, 7) is 6.52. The minimum absolute atomic E-state index is 0. The molecule has 0 amide bonds. The van der Waals surface area contributed by atoms with Crippen LogP contribution in [0.5, 0.6) is 0 Å². The van der Waals surface area contributed by atoms with E-state index in [-0.39, 0.29) is 51.0 Å². The number of nitrogens with zero attached hydrogens (tertiary/aromatic N) is 1. The Morgan fingerprint density at radius 3 is 2.14 bits per heavy atom. The van der Waals surface area contributed by atoms with Crippen molar-refractivity contribution in [3.05, 3.63) is 48.5 Å². The van der Waals surface area contributed by atoms with E-state index in [1.807, 2.05) is 0 Å². The van der Waals surface area contributed by atoms with Gasteiger partial charge < -0.3 is 29.7 Å². The van der Waals surface area contributed by atoms with Crippen LogP contribution < -0.4 is 29.7 Å². The summed E-state index contributed by atoms with van der Waals surface area (Å²) in [7, 11) is 0. The summed E-state index contributed by atoms with van der Waals surface area (Å²) in [5.41, 5.74) is 1.32. The molecule has 0 spiro atoms. The Hall–Kier alpha value is -0.427. The molecule has 0 fully saturated rings. The first kappa shape index (κ1) is 20.6. The Kier molecular flexibility index (Phi) is 8.70. The molecule has 0 aliphatic carbocycles. The number of halogens is 2. The van der Waals surface area contributed by atoms with Gasteiger partial charge in [0.25, 0.3) is 0 Å². The van der Waals surface area contributed by atoms with E-state index in [9.17, 15) is 0 Å². The molecule has 0 aliphatic heterocycles. The Morgan fingerprint density at radius 1 is 0.857 bits per heavy atom. The predicted molar refractivity (Wildman–Crippen MR) is 80.6 cm³/mol. The van der Waals surface area contributed by atoms with Gasteiger partial charge in [-0.2, -0.15) is 0 Å². The summed E-state index contributed by atoms with van der Waals surface area (Å²) in [5.74, 6) is 0. The van der Waals surface area contributed by atoms with Crippen molar-refractivity contribution < 1.29 is 51.0 Å². The van der Waals surface area contributed by atoms with Crippen molar-refractivity contribution in [1.29, 1.82) is 0 Å². The Morgan fingerprint density at radius 2 is 1.48 bits per heavy atom. The van der Waals surface area contributed by atoms with Crippen LogP contribution >= 0.6 is 0 Å². The summed E-state index contributed by atoms with van der Waals surface area (Å²) >= 11 is 0. The van der Waals surface area contributed by atoms with Gasteiger partial charge in [-0.15, -0.1) is 33.7 Å². The smallest absolute Gasteiger partial charge is 1.00 e. The average molecular weight is 398 g/mol. The molecule has 21 heavy (non-hydrogen) atoms. The molecule has 3 aromatic carbocycles. The van der Waals surface area contributed by atoms with Gasteiger partial charge in [0.15, 0.2) is 0 Å². The molecule has 0 aromatic heterocycles. The molecular weight excluding hydrogens is 380 g/mol. The molecule has 4 heteroatoms.